The number of nitrogen functional groups attached to an aromatic ring is 1. The van der Waals surface area contributed by atoms with Crippen molar-refractivity contribution in [2.75, 3.05) is 44.9 Å². The zero-order chi connectivity index (χ0) is 22.5. The zero-order valence-electron chi connectivity index (χ0n) is 18.7. The average Bonchev–Trinajstić information content (AvgIpc) is 3.31. The third kappa shape index (κ3) is 5.44. The molecule has 2 heterocycles. The molecule has 0 unspecified atom stereocenters. The first kappa shape index (κ1) is 22.2. The van der Waals surface area contributed by atoms with Gasteiger partial charge in [-0.1, -0.05) is 23.9 Å². The SMILES string of the molecule is COc1cccc(COc2nc(N3CC[C@@H](N(C)C)C3)ncc2Sc2ccc(N)cc2)c1. The average molecular weight is 452 g/mol. The highest BCUT2D eigenvalue weighted by Crippen LogP contribution is 2.35. The van der Waals surface area contributed by atoms with Gasteiger partial charge in [-0.15, -0.1) is 0 Å². The number of nitrogens with two attached hydrogens (primary N) is 1. The van der Waals surface area contributed by atoms with Crippen LogP contribution in [0, 0.1) is 0 Å². The Hall–Kier alpha value is -2.97. The summed E-state index contributed by atoms with van der Waals surface area (Å²) >= 11 is 1.57. The van der Waals surface area contributed by atoms with Crippen molar-refractivity contribution in [3.05, 3.63) is 60.3 Å². The van der Waals surface area contributed by atoms with E-state index in [0.29, 0.717) is 24.5 Å². The molecule has 4 rings (SSSR count). The molecule has 0 saturated carbocycles. The normalized spacial score (nSPS) is 15.9. The lowest BCUT2D eigenvalue weighted by molar-refractivity contribution is 0.284. The summed E-state index contributed by atoms with van der Waals surface area (Å²) < 4.78 is 11.5. The van der Waals surface area contributed by atoms with Crippen LogP contribution >= 0.6 is 11.8 Å². The van der Waals surface area contributed by atoms with Crippen molar-refractivity contribution in [3.8, 4) is 11.6 Å². The lowest BCUT2D eigenvalue weighted by Gasteiger charge is -2.21. The Morgan fingerprint density at radius 1 is 1.19 bits per heavy atom. The summed E-state index contributed by atoms with van der Waals surface area (Å²) in [6, 6.07) is 16.1. The number of nitrogens with zero attached hydrogens (tertiary/aromatic N) is 4. The topological polar surface area (TPSA) is 76.7 Å². The van der Waals surface area contributed by atoms with Gasteiger partial charge in [0.05, 0.1) is 18.2 Å². The van der Waals surface area contributed by atoms with Gasteiger partial charge in [0.2, 0.25) is 11.8 Å². The number of anilines is 2. The van der Waals surface area contributed by atoms with Crippen molar-refractivity contribution in [3.63, 3.8) is 0 Å². The van der Waals surface area contributed by atoms with E-state index in [2.05, 4.69) is 28.9 Å². The second kappa shape index (κ2) is 10.1. The minimum absolute atomic E-state index is 0.392. The van der Waals surface area contributed by atoms with Crippen LogP contribution in [-0.2, 0) is 6.61 Å². The third-order valence-electron chi connectivity index (χ3n) is 5.50. The fourth-order valence-corrected chi connectivity index (χ4v) is 4.42. The Morgan fingerprint density at radius 3 is 2.72 bits per heavy atom. The molecule has 1 aliphatic heterocycles. The molecular weight excluding hydrogens is 422 g/mol. The van der Waals surface area contributed by atoms with Crippen molar-refractivity contribution >= 4 is 23.4 Å². The summed E-state index contributed by atoms with van der Waals surface area (Å²) in [6.45, 7) is 2.23. The molecule has 7 nitrogen and oxygen atoms in total. The molecule has 1 saturated heterocycles. The Labute approximate surface area is 193 Å². The Balaban J connectivity index is 1.57. The highest BCUT2D eigenvalue weighted by Gasteiger charge is 2.26. The van der Waals surface area contributed by atoms with E-state index in [9.17, 15) is 0 Å². The third-order valence-corrected chi connectivity index (χ3v) is 6.51. The summed E-state index contributed by atoms with van der Waals surface area (Å²) in [5, 5.41) is 0. The van der Waals surface area contributed by atoms with Gasteiger partial charge in [0.25, 0.3) is 0 Å². The molecule has 1 aromatic heterocycles. The van der Waals surface area contributed by atoms with Crippen LogP contribution < -0.4 is 20.1 Å². The molecule has 0 spiro atoms. The lowest BCUT2D eigenvalue weighted by Crippen LogP contribution is -2.32. The molecule has 168 valence electrons. The van der Waals surface area contributed by atoms with E-state index in [0.717, 1.165) is 46.3 Å². The van der Waals surface area contributed by atoms with Crippen LogP contribution in [-0.4, -0.2) is 55.2 Å². The van der Waals surface area contributed by atoms with Gasteiger partial charge in [0.1, 0.15) is 12.4 Å². The summed E-state index contributed by atoms with van der Waals surface area (Å²) in [7, 11) is 5.89. The van der Waals surface area contributed by atoms with E-state index in [1.807, 2.05) is 54.7 Å². The molecule has 1 atom stereocenters. The molecule has 2 N–H and O–H groups in total. The quantitative estimate of drug-likeness (QED) is 0.516. The van der Waals surface area contributed by atoms with Crippen molar-refractivity contribution in [2.45, 2.75) is 28.9 Å². The van der Waals surface area contributed by atoms with Crippen molar-refractivity contribution in [2.24, 2.45) is 0 Å². The number of hydrogen-bond donors (Lipinski definition) is 1. The highest BCUT2D eigenvalue weighted by atomic mass is 32.2. The summed E-state index contributed by atoms with van der Waals surface area (Å²) in [6.07, 6.45) is 2.95. The summed E-state index contributed by atoms with van der Waals surface area (Å²) in [5.74, 6) is 2.09. The fraction of sp³-hybridized carbons (Fsp3) is 0.333. The van der Waals surface area contributed by atoms with E-state index in [1.54, 1.807) is 18.9 Å². The second-order valence-corrected chi connectivity index (χ2v) is 9.12. The summed E-state index contributed by atoms with van der Waals surface area (Å²) in [4.78, 5) is 15.9. The first-order valence-electron chi connectivity index (χ1n) is 10.6. The van der Waals surface area contributed by atoms with Gasteiger partial charge in [0.15, 0.2) is 0 Å². The van der Waals surface area contributed by atoms with Gasteiger partial charge in [-0.2, -0.15) is 4.98 Å². The van der Waals surface area contributed by atoms with Gasteiger partial charge in [-0.05, 0) is 62.5 Å². The molecule has 0 radical (unpaired) electrons. The number of benzene rings is 2. The van der Waals surface area contributed by atoms with Crippen LogP contribution in [0.3, 0.4) is 0 Å². The number of aromatic nitrogens is 2. The van der Waals surface area contributed by atoms with Gasteiger partial charge < -0.3 is 25.0 Å². The smallest absolute Gasteiger partial charge is 0.232 e. The van der Waals surface area contributed by atoms with Gasteiger partial charge >= 0.3 is 0 Å². The Bertz CT molecular complexity index is 1040. The molecule has 8 heteroatoms. The van der Waals surface area contributed by atoms with E-state index >= 15 is 0 Å². The largest absolute Gasteiger partial charge is 0.497 e. The summed E-state index contributed by atoms with van der Waals surface area (Å²) in [5.41, 5.74) is 7.58. The number of methoxy groups -OCH3 is 1. The van der Waals surface area contributed by atoms with Crippen LogP contribution in [0.1, 0.15) is 12.0 Å². The molecule has 0 amide bonds. The predicted octanol–water partition coefficient (Wildman–Crippen LogP) is 3.94. The van der Waals surface area contributed by atoms with Crippen LogP contribution in [0.2, 0.25) is 0 Å². The Kier molecular flexibility index (Phi) is 7.02. The minimum Gasteiger partial charge on any atom is -0.497 e. The van der Waals surface area contributed by atoms with Gasteiger partial charge in [-0.25, -0.2) is 4.98 Å². The number of likely N-dealkylation sites (N-methyl/N-ethyl adjacent to an activating group) is 1. The van der Waals surface area contributed by atoms with Gasteiger partial charge in [0, 0.05) is 29.7 Å². The van der Waals surface area contributed by atoms with E-state index in [1.165, 1.54) is 0 Å². The van der Waals surface area contributed by atoms with E-state index in [-0.39, 0.29) is 0 Å². The molecule has 0 bridgehead atoms. The van der Waals surface area contributed by atoms with E-state index < -0.39 is 0 Å². The molecule has 2 aromatic carbocycles. The highest BCUT2D eigenvalue weighted by molar-refractivity contribution is 7.99. The fourth-order valence-electron chi connectivity index (χ4n) is 3.59. The standard InChI is InChI=1S/C24H29N5O2S/c1-28(2)19-11-12-29(15-19)24-26-14-22(32-21-9-7-18(25)8-10-21)23(27-24)31-16-17-5-4-6-20(13-17)30-3/h4-10,13-14,19H,11-12,15-16,25H2,1-3H3/t19-/m1/s1. The minimum atomic E-state index is 0.392. The van der Waals surface area contributed by atoms with Crippen LogP contribution in [0.5, 0.6) is 11.6 Å². The molecule has 1 fully saturated rings. The predicted molar refractivity (Wildman–Crippen MR) is 129 cm³/mol. The second-order valence-electron chi connectivity index (χ2n) is 8.00. The lowest BCUT2D eigenvalue weighted by atomic mass is 10.2. The first-order valence-corrected chi connectivity index (χ1v) is 11.4. The van der Waals surface area contributed by atoms with Crippen molar-refractivity contribution in [1.82, 2.24) is 14.9 Å². The number of ether oxygens (including phenoxy) is 2. The number of hydrogen-bond acceptors (Lipinski definition) is 8. The van der Waals surface area contributed by atoms with E-state index in [4.69, 9.17) is 20.2 Å². The van der Waals surface area contributed by atoms with Gasteiger partial charge in [-0.3, -0.25) is 0 Å². The Morgan fingerprint density at radius 2 is 2.00 bits per heavy atom. The van der Waals surface area contributed by atoms with Crippen LogP contribution in [0.4, 0.5) is 11.6 Å². The zero-order valence-corrected chi connectivity index (χ0v) is 19.5. The molecule has 32 heavy (non-hydrogen) atoms. The molecule has 3 aromatic rings. The molecule has 1 aliphatic rings. The number of rotatable bonds is 8. The maximum absolute atomic E-state index is 6.20. The van der Waals surface area contributed by atoms with Crippen molar-refractivity contribution < 1.29 is 9.47 Å². The monoisotopic (exact) mass is 451 g/mol. The maximum atomic E-state index is 6.20. The molecular formula is C24H29N5O2S. The van der Waals surface area contributed by atoms with Crippen molar-refractivity contribution in [1.29, 1.82) is 0 Å². The first-order chi connectivity index (χ1) is 15.5. The van der Waals surface area contributed by atoms with Crippen LogP contribution in [0.15, 0.2) is 64.5 Å². The molecule has 0 aliphatic carbocycles. The maximum Gasteiger partial charge on any atom is 0.232 e. The van der Waals surface area contributed by atoms with Crippen LogP contribution in [0.25, 0.3) is 0 Å².